The van der Waals surface area contributed by atoms with Gasteiger partial charge in [0.1, 0.15) is 5.75 Å². The van der Waals surface area contributed by atoms with Gasteiger partial charge in [-0.05, 0) is 37.3 Å². The molecule has 1 amide bonds. The fourth-order valence-corrected chi connectivity index (χ4v) is 4.41. The first-order valence-electron chi connectivity index (χ1n) is 9.26. The van der Waals surface area contributed by atoms with Crippen LogP contribution in [0.3, 0.4) is 0 Å². The predicted octanol–water partition coefficient (Wildman–Crippen LogP) is 5.02. The monoisotopic (exact) mass is 382 g/mol. The number of ether oxygens (including phenoxy) is 1. The number of unbranched alkanes of at least 4 members (excludes halogenated alkanes) is 1. The molecular weight excluding hydrogens is 356 g/mol. The minimum Gasteiger partial charge on any atom is -0.496 e. The summed E-state index contributed by atoms with van der Waals surface area (Å²) in [5, 5.41) is 2.04. The van der Waals surface area contributed by atoms with E-state index in [2.05, 4.69) is 23.6 Å². The van der Waals surface area contributed by atoms with Crippen LogP contribution in [0.15, 0.2) is 41.8 Å². The first-order chi connectivity index (χ1) is 13.1. The molecule has 0 radical (unpaired) electrons. The van der Waals surface area contributed by atoms with Crippen LogP contribution in [0.5, 0.6) is 5.75 Å². The lowest BCUT2D eigenvalue weighted by Gasteiger charge is -2.15. The summed E-state index contributed by atoms with van der Waals surface area (Å²) in [7, 11) is 1.69. The minimum atomic E-state index is -0.368. The van der Waals surface area contributed by atoms with E-state index in [1.807, 2.05) is 36.6 Å². The van der Waals surface area contributed by atoms with Crippen LogP contribution in [0.25, 0.3) is 10.4 Å². The van der Waals surface area contributed by atoms with Crippen molar-refractivity contribution in [2.45, 2.75) is 39.7 Å². The average Bonchev–Trinajstić information content (AvgIpc) is 3.28. The number of amides is 1. The van der Waals surface area contributed by atoms with Gasteiger partial charge in [-0.2, -0.15) is 0 Å². The average molecular weight is 383 g/mol. The van der Waals surface area contributed by atoms with Crippen LogP contribution in [-0.2, 0) is 13.0 Å². The van der Waals surface area contributed by atoms with Crippen molar-refractivity contribution in [2.24, 2.45) is 5.73 Å². The van der Waals surface area contributed by atoms with E-state index in [1.165, 1.54) is 5.69 Å². The SMILES string of the molecule is CCCCc1c(-c2cccs2)c(C(N)=O)c(C)n1Cc1ccccc1OC. The van der Waals surface area contributed by atoms with E-state index >= 15 is 0 Å². The summed E-state index contributed by atoms with van der Waals surface area (Å²) in [6, 6.07) is 12.1. The van der Waals surface area contributed by atoms with E-state index in [-0.39, 0.29) is 5.91 Å². The molecule has 3 rings (SSSR count). The number of rotatable bonds is 8. The molecule has 0 atom stereocenters. The summed E-state index contributed by atoms with van der Waals surface area (Å²) in [5.74, 6) is 0.484. The lowest BCUT2D eigenvalue weighted by Crippen LogP contribution is -2.13. The van der Waals surface area contributed by atoms with Crippen molar-refractivity contribution in [3.05, 3.63) is 64.3 Å². The van der Waals surface area contributed by atoms with Gasteiger partial charge in [-0.15, -0.1) is 11.3 Å². The number of hydrogen-bond acceptors (Lipinski definition) is 3. The van der Waals surface area contributed by atoms with Crippen LogP contribution < -0.4 is 10.5 Å². The minimum absolute atomic E-state index is 0.368. The molecule has 2 aromatic heterocycles. The second kappa shape index (κ2) is 8.44. The highest BCUT2D eigenvalue weighted by Crippen LogP contribution is 2.37. The molecule has 0 bridgehead atoms. The third-order valence-electron chi connectivity index (χ3n) is 4.93. The highest BCUT2D eigenvalue weighted by molar-refractivity contribution is 7.13. The zero-order valence-electron chi connectivity index (χ0n) is 16.1. The Balaban J connectivity index is 2.20. The molecule has 3 aromatic rings. The molecule has 2 N–H and O–H groups in total. The van der Waals surface area contributed by atoms with Crippen LogP contribution in [0.2, 0.25) is 0 Å². The standard InChI is InChI=1S/C22H26N2O2S/c1-4-5-10-17-21(19-12-8-13-27-19)20(22(23)25)15(2)24(17)14-16-9-6-7-11-18(16)26-3/h6-9,11-13H,4-5,10,14H2,1-3H3,(H2,23,25). The molecule has 0 aliphatic heterocycles. The van der Waals surface area contributed by atoms with Gasteiger partial charge < -0.3 is 15.0 Å². The third-order valence-corrected chi connectivity index (χ3v) is 5.82. The Kier molecular flexibility index (Phi) is 6.01. The summed E-state index contributed by atoms with van der Waals surface area (Å²) in [6.07, 6.45) is 3.06. The molecular formula is C22H26N2O2S. The molecule has 4 nitrogen and oxygen atoms in total. The molecule has 0 saturated carbocycles. The van der Waals surface area contributed by atoms with Crippen molar-refractivity contribution < 1.29 is 9.53 Å². The van der Waals surface area contributed by atoms with Gasteiger partial charge in [0.2, 0.25) is 0 Å². The van der Waals surface area contributed by atoms with E-state index < -0.39 is 0 Å². The first-order valence-corrected chi connectivity index (χ1v) is 10.1. The summed E-state index contributed by atoms with van der Waals surface area (Å²) in [4.78, 5) is 13.4. The number of carbonyl (C=O) groups excluding carboxylic acids is 1. The van der Waals surface area contributed by atoms with E-state index in [4.69, 9.17) is 10.5 Å². The molecule has 0 aliphatic rings. The Bertz CT molecular complexity index is 926. The molecule has 0 spiro atoms. The number of aromatic nitrogens is 1. The maximum Gasteiger partial charge on any atom is 0.251 e. The summed E-state index contributed by atoms with van der Waals surface area (Å²) in [6.45, 7) is 4.82. The van der Waals surface area contributed by atoms with E-state index in [9.17, 15) is 4.79 Å². The molecule has 2 heterocycles. The van der Waals surface area contributed by atoms with Gasteiger partial charge in [0.25, 0.3) is 5.91 Å². The van der Waals surface area contributed by atoms with Gasteiger partial charge >= 0.3 is 0 Å². The van der Waals surface area contributed by atoms with Gasteiger partial charge in [-0.1, -0.05) is 37.6 Å². The summed E-state index contributed by atoms with van der Waals surface area (Å²) in [5.41, 5.74) is 10.6. The highest BCUT2D eigenvalue weighted by atomic mass is 32.1. The van der Waals surface area contributed by atoms with Crippen molar-refractivity contribution >= 4 is 17.2 Å². The number of benzene rings is 1. The Hall–Kier alpha value is -2.53. The molecule has 1 aromatic carbocycles. The lowest BCUT2D eigenvalue weighted by molar-refractivity contribution is 0.1000. The van der Waals surface area contributed by atoms with Crippen LogP contribution in [0.1, 0.15) is 47.1 Å². The van der Waals surface area contributed by atoms with Crippen LogP contribution in [0.4, 0.5) is 0 Å². The van der Waals surface area contributed by atoms with Crippen LogP contribution in [0, 0.1) is 6.92 Å². The van der Waals surface area contributed by atoms with E-state index in [0.717, 1.165) is 46.7 Å². The molecule has 0 aliphatic carbocycles. The highest BCUT2D eigenvalue weighted by Gasteiger charge is 2.25. The number of nitrogens with two attached hydrogens (primary N) is 1. The van der Waals surface area contributed by atoms with Crippen molar-refractivity contribution in [1.82, 2.24) is 4.57 Å². The Labute approximate surface area is 164 Å². The maximum atomic E-state index is 12.3. The third kappa shape index (κ3) is 3.78. The van der Waals surface area contributed by atoms with Gasteiger partial charge in [-0.3, -0.25) is 4.79 Å². The molecule has 142 valence electrons. The molecule has 0 saturated heterocycles. The first kappa shape index (κ1) is 19.2. The number of nitrogens with zero attached hydrogens (tertiary/aromatic N) is 1. The van der Waals surface area contributed by atoms with Crippen LogP contribution >= 0.6 is 11.3 Å². The summed E-state index contributed by atoms with van der Waals surface area (Å²) >= 11 is 1.65. The quantitative estimate of drug-likeness (QED) is 0.594. The van der Waals surface area contributed by atoms with Crippen molar-refractivity contribution in [3.63, 3.8) is 0 Å². The van der Waals surface area contributed by atoms with E-state index in [0.29, 0.717) is 12.1 Å². The fourth-order valence-electron chi connectivity index (χ4n) is 3.61. The van der Waals surface area contributed by atoms with Gasteiger partial charge in [-0.25, -0.2) is 0 Å². The van der Waals surface area contributed by atoms with Crippen LogP contribution in [-0.4, -0.2) is 17.6 Å². The second-order valence-electron chi connectivity index (χ2n) is 6.63. The Morgan fingerprint density at radius 2 is 2.00 bits per heavy atom. The number of hydrogen-bond donors (Lipinski definition) is 1. The zero-order valence-corrected chi connectivity index (χ0v) is 16.9. The topological polar surface area (TPSA) is 57.2 Å². The van der Waals surface area contributed by atoms with E-state index in [1.54, 1.807) is 18.4 Å². The fraction of sp³-hybridized carbons (Fsp3) is 0.318. The maximum absolute atomic E-state index is 12.3. The van der Waals surface area contributed by atoms with Gasteiger partial charge in [0, 0.05) is 27.4 Å². The number of carbonyl (C=O) groups is 1. The lowest BCUT2D eigenvalue weighted by atomic mass is 10.0. The molecule has 5 heteroatoms. The zero-order chi connectivity index (χ0) is 19.4. The molecule has 0 fully saturated rings. The predicted molar refractivity (Wildman–Crippen MR) is 112 cm³/mol. The molecule has 27 heavy (non-hydrogen) atoms. The van der Waals surface area contributed by atoms with Crippen molar-refractivity contribution in [3.8, 4) is 16.2 Å². The normalized spacial score (nSPS) is 10.9. The largest absolute Gasteiger partial charge is 0.496 e. The summed E-state index contributed by atoms with van der Waals surface area (Å²) < 4.78 is 7.77. The Morgan fingerprint density at radius 1 is 1.22 bits per heavy atom. The number of para-hydroxylation sites is 1. The van der Waals surface area contributed by atoms with Gasteiger partial charge in [0.15, 0.2) is 0 Å². The number of primary amides is 1. The number of methoxy groups -OCH3 is 1. The smallest absolute Gasteiger partial charge is 0.251 e. The second-order valence-corrected chi connectivity index (χ2v) is 7.57. The van der Waals surface area contributed by atoms with Crippen molar-refractivity contribution in [2.75, 3.05) is 7.11 Å². The van der Waals surface area contributed by atoms with Crippen molar-refractivity contribution in [1.29, 1.82) is 0 Å². The Morgan fingerprint density at radius 3 is 2.63 bits per heavy atom. The van der Waals surface area contributed by atoms with Gasteiger partial charge in [0.05, 0.1) is 19.2 Å². The molecule has 0 unspecified atom stereocenters. The number of thiophene rings is 1.